The first-order valence-corrected chi connectivity index (χ1v) is 2.84. The third kappa shape index (κ3) is 2.10. The van der Waals surface area contributed by atoms with Crippen molar-refractivity contribution >= 4 is 12.4 Å². The summed E-state index contributed by atoms with van der Waals surface area (Å²) in [6, 6.07) is 0. The second kappa shape index (κ2) is 4.06. The van der Waals surface area contributed by atoms with Gasteiger partial charge >= 0.3 is 0 Å². The number of aliphatic hydroxyl groups excluding tert-OH is 2. The molecule has 4 heteroatoms. The molecule has 1 rings (SSSR count). The predicted molar refractivity (Wildman–Crippen MR) is 36.7 cm³/mol. The Morgan fingerprint density at radius 3 is 2.33 bits per heavy atom. The summed E-state index contributed by atoms with van der Waals surface area (Å²) in [6.45, 7) is 1.47. The summed E-state index contributed by atoms with van der Waals surface area (Å²) in [4.78, 5) is 0. The lowest BCUT2D eigenvalue weighted by molar-refractivity contribution is 0.104. The highest BCUT2D eigenvalue weighted by molar-refractivity contribution is 5.85. The Morgan fingerprint density at radius 1 is 1.44 bits per heavy atom. The molecule has 3 N–H and O–H groups in total. The van der Waals surface area contributed by atoms with E-state index >= 15 is 0 Å². The number of β-amino-alcohol motifs (C(OH)–C–C–N with tert-alkyl or cyclic N) is 1. The van der Waals surface area contributed by atoms with Crippen LogP contribution in [0.1, 0.15) is 0 Å². The molecular formula is C5H12ClNO2. The molecule has 0 aromatic rings. The van der Waals surface area contributed by atoms with Crippen LogP contribution in [-0.2, 0) is 0 Å². The van der Waals surface area contributed by atoms with Crippen molar-refractivity contribution < 1.29 is 10.2 Å². The number of hydrogen-bond donors (Lipinski definition) is 3. The van der Waals surface area contributed by atoms with Gasteiger partial charge < -0.3 is 15.5 Å². The zero-order chi connectivity index (χ0) is 5.98. The van der Waals surface area contributed by atoms with E-state index in [4.69, 9.17) is 10.2 Å². The summed E-state index contributed by atoms with van der Waals surface area (Å²) in [5.41, 5.74) is 0. The molecule has 0 aliphatic carbocycles. The maximum Gasteiger partial charge on any atom is 0.0726 e. The summed E-state index contributed by atoms with van der Waals surface area (Å²) >= 11 is 0. The van der Waals surface area contributed by atoms with Gasteiger partial charge in [0, 0.05) is 25.6 Å². The molecule has 0 radical (unpaired) electrons. The zero-order valence-electron chi connectivity index (χ0n) is 5.08. The van der Waals surface area contributed by atoms with Crippen molar-refractivity contribution in [3.05, 3.63) is 0 Å². The van der Waals surface area contributed by atoms with E-state index < -0.39 is 0 Å². The molecule has 0 saturated carbocycles. The fraction of sp³-hybridized carbons (Fsp3) is 1.00. The lowest BCUT2D eigenvalue weighted by Crippen LogP contribution is -2.20. The van der Waals surface area contributed by atoms with Crippen LogP contribution in [0.2, 0.25) is 0 Å². The van der Waals surface area contributed by atoms with Gasteiger partial charge in [-0.15, -0.1) is 12.4 Å². The van der Waals surface area contributed by atoms with Crippen molar-refractivity contribution in [1.82, 2.24) is 5.32 Å². The van der Waals surface area contributed by atoms with E-state index in [1.807, 2.05) is 0 Å². The van der Waals surface area contributed by atoms with Crippen LogP contribution in [0, 0.1) is 5.92 Å². The van der Waals surface area contributed by atoms with E-state index in [9.17, 15) is 0 Å². The van der Waals surface area contributed by atoms with Crippen LogP contribution in [0.4, 0.5) is 0 Å². The van der Waals surface area contributed by atoms with Gasteiger partial charge in [0.05, 0.1) is 6.10 Å². The van der Waals surface area contributed by atoms with Gasteiger partial charge in [0.15, 0.2) is 0 Å². The fourth-order valence-electron chi connectivity index (χ4n) is 0.906. The molecule has 1 aliphatic heterocycles. The van der Waals surface area contributed by atoms with Gasteiger partial charge in [-0.1, -0.05) is 0 Å². The third-order valence-electron chi connectivity index (χ3n) is 1.54. The van der Waals surface area contributed by atoms with E-state index in [0.717, 1.165) is 6.54 Å². The minimum atomic E-state index is -0.333. The van der Waals surface area contributed by atoms with Crippen LogP contribution in [0.15, 0.2) is 0 Å². The molecule has 0 spiro atoms. The Balaban J connectivity index is 0.000000640. The van der Waals surface area contributed by atoms with Crippen LogP contribution in [0.25, 0.3) is 0 Å². The van der Waals surface area contributed by atoms with Crippen LogP contribution in [0.3, 0.4) is 0 Å². The number of aliphatic hydroxyl groups is 2. The van der Waals surface area contributed by atoms with Crippen LogP contribution < -0.4 is 5.32 Å². The summed E-state index contributed by atoms with van der Waals surface area (Å²) < 4.78 is 0. The molecule has 3 nitrogen and oxygen atoms in total. The minimum absolute atomic E-state index is 0. The maximum atomic E-state index is 8.97. The van der Waals surface area contributed by atoms with Gasteiger partial charge in [0.2, 0.25) is 0 Å². The van der Waals surface area contributed by atoms with Crippen molar-refractivity contribution in [3.8, 4) is 0 Å². The molecule has 0 bridgehead atoms. The molecule has 0 aromatic heterocycles. The van der Waals surface area contributed by atoms with Crippen LogP contribution in [-0.4, -0.2) is 36.0 Å². The summed E-state index contributed by atoms with van der Waals surface area (Å²) in [5.74, 6) is 0.0648. The summed E-state index contributed by atoms with van der Waals surface area (Å²) in [7, 11) is 0. The van der Waals surface area contributed by atoms with Gasteiger partial charge in [-0.3, -0.25) is 0 Å². The first kappa shape index (κ1) is 9.17. The average molecular weight is 154 g/mol. The smallest absolute Gasteiger partial charge is 0.0726 e. The molecule has 56 valence electrons. The van der Waals surface area contributed by atoms with Gasteiger partial charge in [0.1, 0.15) is 0 Å². The second-order valence-electron chi connectivity index (χ2n) is 2.17. The summed E-state index contributed by atoms with van der Waals surface area (Å²) in [5, 5.41) is 20.5. The molecule has 9 heavy (non-hydrogen) atoms. The van der Waals surface area contributed by atoms with E-state index in [1.165, 1.54) is 0 Å². The van der Waals surface area contributed by atoms with E-state index in [0.29, 0.717) is 6.54 Å². The number of hydrogen-bond acceptors (Lipinski definition) is 3. The monoisotopic (exact) mass is 153 g/mol. The van der Waals surface area contributed by atoms with E-state index in [1.54, 1.807) is 0 Å². The number of halogens is 1. The highest BCUT2D eigenvalue weighted by Gasteiger charge is 2.23. The Kier molecular flexibility index (Phi) is 4.14. The largest absolute Gasteiger partial charge is 0.396 e. The lowest BCUT2D eigenvalue weighted by atomic mass is 10.1. The Morgan fingerprint density at radius 2 is 2.11 bits per heavy atom. The first-order valence-electron chi connectivity index (χ1n) is 2.84. The van der Waals surface area contributed by atoms with Gasteiger partial charge in [-0.25, -0.2) is 0 Å². The summed E-state index contributed by atoms with van der Waals surface area (Å²) in [6.07, 6.45) is -0.333. The van der Waals surface area contributed by atoms with Crippen molar-refractivity contribution in [2.75, 3.05) is 19.7 Å². The Bertz CT molecular complexity index is 81.4. The van der Waals surface area contributed by atoms with E-state index in [-0.39, 0.29) is 31.0 Å². The Hall–Kier alpha value is 0.170. The SMILES string of the molecule is Cl.OC[C@H]1CNC[C@@H]1O. The average Bonchev–Trinajstić information content (AvgIpc) is 2.14. The molecule has 0 amide bonds. The molecule has 1 fully saturated rings. The number of nitrogens with one attached hydrogen (secondary N) is 1. The minimum Gasteiger partial charge on any atom is -0.396 e. The van der Waals surface area contributed by atoms with Crippen molar-refractivity contribution in [2.45, 2.75) is 6.10 Å². The molecule has 1 heterocycles. The third-order valence-corrected chi connectivity index (χ3v) is 1.54. The van der Waals surface area contributed by atoms with E-state index in [2.05, 4.69) is 5.32 Å². The number of rotatable bonds is 1. The fourth-order valence-corrected chi connectivity index (χ4v) is 0.906. The van der Waals surface area contributed by atoms with Crippen LogP contribution in [0.5, 0.6) is 0 Å². The Labute approximate surface area is 60.5 Å². The standard InChI is InChI=1S/C5H11NO2.ClH/c7-3-4-1-6-2-5(4)8;/h4-8H,1-3H2;1H/t4-,5+;/m1./s1. The topological polar surface area (TPSA) is 52.5 Å². The van der Waals surface area contributed by atoms with Gasteiger partial charge in [-0.2, -0.15) is 0 Å². The molecular weight excluding hydrogens is 142 g/mol. The van der Waals surface area contributed by atoms with Crippen LogP contribution >= 0.6 is 12.4 Å². The lowest BCUT2D eigenvalue weighted by Gasteiger charge is -2.06. The van der Waals surface area contributed by atoms with Gasteiger partial charge in [-0.05, 0) is 0 Å². The highest BCUT2D eigenvalue weighted by atomic mass is 35.5. The van der Waals surface area contributed by atoms with Crippen molar-refractivity contribution in [3.63, 3.8) is 0 Å². The maximum absolute atomic E-state index is 8.97. The second-order valence-corrected chi connectivity index (χ2v) is 2.17. The molecule has 1 saturated heterocycles. The predicted octanol–water partition coefficient (Wildman–Crippen LogP) is -1.02. The van der Waals surface area contributed by atoms with Crippen molar-refractivity contribution in [2.24, 2.45) is 5.92 Å². The van der Waals surface area contributed by atoms with Crippen molar-refractivity contribution in [1.29, 1.82) is 0 Å². The quantitative estimate of drug-likeness (QED) is 0.452. The first-order chi connectivity index (χ1) is 3.84. The highest BCUT2D eigenvalue weighted by Crippen LogP contribution is 2.05. The molecule has 0 unspecified atom stereocenters. The van der Waals surface area contributed by atoms with Gasteiger partial charge in [0.25, 0.3) is 0 Å². The molecule has 0 aromatic carbocycles. The molecule has 2 atom stereocenters. The zero-order valence-corrected chi connectivity index (χ0v) is 5.90. The molecule has 1 aliphatic rings. The normalized spacial score (nSPS) is 34.0.